The highest BCUT2D eigenvalue weighted by molar-refractivity contribution is 6.32. The van der Waals surface area contributed by atoms with E-state index in [1.807, 2.05) is 0 Å². The van der Waals surface area contributed by atoms with Crippen LogP contribution in [0.1, 0.15) is 22.8 Å². The number of hydrogen-bond donors (Lipinski definition) is 0. The van der Waals surface area contributed by atoms with Crippen LogP contribution in [-0.2, 0) is 4.74 Å². The maximum atomic E-state index is 11.3. The van der Waals surface area contributed by atoms with Crippen LogP contribution < -0.4 is 0 Å². The first-order chi connectivity index (χ1) is 6.69. The summed E-state index contributed by atoms with van der Waals surface area (Å²) in [5, 5.41) is 0.0995. The molecule has 0 unspecified atom stereocenters. The number of terminal acetylenes is 1. The van der Waals surface area contributed by atoms with Gasteiger partial charge in [0.05, 0.1) is 12.2 Å². The first-order valence-corrected chi connectivity index (χ1v) is 4.36. The molecule has 4 heteroatoms. The first-order valence-electron chi connectivity index (χ1n) is 3.98. The standard InChI is InChI=1S/C10H8ClNO2/c1-3-7-5-8(9(11)12-6-7)10(13)14-4-2/h1,5-6H,4H2,2H3. The van der Waals surface area contributed by atoms with Gasteiger partial charge >= 0.3 is 5.97 Å². The van der Waals surface area contributed by atoms with E-state index in [9.17, 15) is 4.79 Å². The van der Waals surface area contributed by atoms with Gasteiger partial charge in [-0.2, -0.15) is 0 Å². The Labute approximate surface area is 87.1 Å². The van der Waals surface area contributed by atoms with Gasteiger partial charge < -0.3 is 4.74 Å². The summed E-state index contributed by atoms with van der Waals surface area (Å²) in [5.74, 6) is 1.85. The summed E-state index contributed by atoms with van der Waals surface area (Å²) >= 11 is 5.70. The Morgan fingerprint density at radius 1 is 1.79 bits per heavy atom. The van der Waals surface area contributed by atoms with Gasteiger partial charge in [-0.25, -0.2) is 9.78 Å². The summed E-state index contributed by atoms with van der Waals surface area (Å²) in [7, 11) is 0. The van der Waals surface area contributed by atoms with Crippen LogP contribution in [0.5, 0.6) is 0 Å². The monoisotopic (exact) mass is 209 g/mol. The summed E-state index contributed by atoms with van der Waals surface area (Å²) < 4.78 is 4.78. The van der Waals surface area contributed by atoms with E-state index in [0.717, 1.165) is 0 Å². The van der Waals surface area contributed by atoms with Crippen LogP contribution in [0.15, 0.2) is 12.3 Å². The molecule has 0 aliphatic rings. The molecule has 14 heavy (non-hydrogen) atoms. The minimum Gasteiger partial charge on any atom is -0.462 e. The van der Waals surface area contributed by atoms with Crippen LogP contribution in [0.3, 0.4) is 0 Å². The van der Waals surface area contributed by atoms with Gasteiger partial charge in [0.2, 0.25) is 0 Å². The average molecular weight is 210 g/mol. The molecule has 0 amide bonds. The Morgan fingerprint density at radius 2 is 2.50 bits per heavy atom. The molecule has 72 valence electrons. The molecule has 0 spiro atoms. The van der Waals surface area contributed by atoms with Crippen molar-refractivity contribution in [1.82, 2.24) is 4.98 Å². The SMILES string of the molecule is C#Cc1cnc(Cl)c(C(=O)OCC)c1. The number of nitrogens with zero attached hydrogens (tertiary/aromatic N) is 1. The summed E-state index contributed by atoms with van der Waals surface area (Å²) in [5.41, 5.74) is 0.696. The number of aromatic nitrogens is 1. The number of pyridine rings is 1. The summed E-state index contributed by atoms with van der Waals surface area (Å²) in [4.78, 5) is 15.1. The van der Waals surface area contributed by atoms with Crippen LogP contribution in [0.4, 0.5) is 0 Å². The number of ether oxygens (including phenoxy) is 1. The summed E-state index contributed by atoms with van der Waals surface area (Å²) in [6.45, 7) is 2.00. The molecule has 0 bridgehead atoms. The van der Waals surface area contributed by atoms with Crippen molar-refractivity contribution in [2.24, 2.45) is 0 Å². The van der Waals surface area contributed by atoms with Crippen molar-refractivity contribution >= 4 is 17.6 Å². The highest BCUT2D eigenvalue weighted by atomic mass is 35.5. The van der Waals surface area contributed by atoms with E-state index in [1.54, 1.807) is 6.92 Å². The molecule has 1 rings (SSSR count). The third-order valence-electron chi connectivity index (χ3n) is 1.50. The molecule has 1 heterocycles. The van der Waals surface area contributed by atoms with Gasteiger partial charge in [0.25, 0.3) is 0 Å². The van der Waals surface area contributed by atoms with Crippen LogP contribution in [0.25, 0.3) is 0 Å². The van der Waals surface area contributed by atoms with Gasteiger partial charge in [-0.1, -0.05) is 17.5 Å². The molecule has 0 aromatic carbocycles. The van der Waals surface area contributed by atoms with Crippen LogP contribution >= 0.6 is 11.6 Å². The quantitative estimate of drug-likeness (QED) is 0.424. The van der Waals surface area contributed by atoms with Crippen molar-refractivity contribution in [3.8, 4) is 12.3 Å². The highest BCUT2D eigenvalue weighted by Crippen LogP contribution is 2.14. The largest absolute Gasteiger partial charge is 0.462 e. The second-order valence-corrected chi connectivity index (χ2v) is 2.79. The Bertz CT molecular complexity index is 396. The molecule has 0 N–H and O–H groups in total. The third kappa shape index (κ3) is 2.24. The predicted octanol–water partition coefficient (Wildman–Crippen LogP) is 1.89. The van der Waals surface area contributed by atoms with E-state index >= 15 is 0 Å². The fourth-order valence-electron chi connectivity index (χ4n) is 0.879. The Balaban J connectivity index is 3.07. The lowest BCUT2D eigenvalue weighted by molar-refractivity contribution is 0.0526. The second-order valence-electron chi connectivity index (χ2n) is 2.43. The third-order valence-corrected chi connectivity index (χ3v) is 1.80. The average Bonchev–Trinajstić information content (AvgIpc) is 2.19. The molecule has 1 aromatic heterocycles. The summed E-state index contributed by atoms with van der Waals surface area (Å²) in [6.07, 6.45) is 6.58. The molecule has 0 aliphatic heterocycles. The zero-order valence-electron chi connectivity index (χ0n) is 7.58. The van der Waals surface area contributed by atoms with Crippen molar-refractivity contribution in [2.75, 3.05) is 6.61 Å². The number of rotatable bonds is 2. The van der Waals surface area contributed by atoms with E-state index < -0.39 is 5.97 Å². The maximum Gasteiger partial charge on any atom is 0.341 e. The van der Waals surface area contributed by atoms with Crippen molar-refractivity contribution in [2.45, 2.75) is 6.92 Å². The van der Waals surface area contributed by atoms with Crippen LogP contribution in [0.2, 0.25) is 5.15 Å². The van der Waals surface area contributed by atoms with Gasteiger partial charge in [0.1, 0.15) is 5.15 Å². The van der Waals surface area contributed by atoms with E-state index in [0.29, 0.717) is 5.56 Å². The lowest BCUT2D eigenvalue weighted by atomic mass is 10.2. The zero-order chi connectivity index (χ0) is 10.6. The van der Waals surface area contributed by atoms with Crippen LogP contribution in [0, 0.1) is 12.3 Å². The van der Waals surface area contributed by atoms with Gasteiger partial charge in [0.15, 0.2) is 0 Å². The Morgan fingerprint density at radius 3 is 3.07 bits per heavy atom. The minimum atomic E-state index is -0.512. The highest BCUT2D eigenvalue weighted by Gasteiger charge is 2.12. The Hall–Kier alpha value is -1.53. The van der Waals surface area contributed by atoms with Crippen molar-refractivity contribution < 1.29 is 9.53 Å². The van der Waals surface area contributed by atoms with E-state index in [4.69, 9.17) is 22.8 Å². The molecule has 0 saturated carbocycles. The molecular formula is C10H8ClNO2. The molecule has 0 atom stereocenters. The van der Waals surface area contributed by atoms with E-state index in [2.05, 4.69) is 10.9 Å². The lowest BCUT2D eigenvalue weighted by Gasteiger charge is -2.03. The van der Waals surface area contributed by atoms with Crippen LogP contribution in [-0.4, -0.2) is 17.6 Å². The number of esters is 1. The molecule has 3 nitrogen and oxygen atoms in total. The smallest absolute Gasteiger partial charge is 0.341 e. The van der Waals surface area contributed by atoms with E-state index in [-0.39, 0.29) is 17.3 Å². The van der Waals surface area contributed by atoms with Crippen molar-refractivity contribution in [3.63, 3.8) is 0 Å². The molecule has 0 fully saturated rings. The lowest BCUT2D eigenvalue weighted by Crippen LogP contribution is -2.06. The zero-order valence-corrected chi connectivity index (χ0v) is 8.34. The molecule has 0 radical (unpaired) electrons. The van der Waals surface area contributed by atoms with Gasteiger partial charge in [-0.05, 0) is 13.0 Å². The fourth-order valence-corrected chi connectivity index (χ4v) is 1.06. The first kappa shape index (κ1) is 10.6. The van der Waals surface area contributed by atoms with Crippen molar-refractivity contribution in [1.29, 1.82) is 0 Å². The van der Waals surface area contributed by atoms with E-state index in [1.165, 1.54) is 12.3 Å². The summed E-state index contributed by atoms with van der Waals surface area (Å²) in [6, 6.07) is 1.48. The number of halogens is 1. The predicted molar refractivity (Wildman–Crippen MR) is 53.1 cm³/mol. The normalized spacial score (nSPS) is 9.21. The molecular weight excluding hydrogens is 202 g/mol. The molecule has 1 aromatic rings. The molecule has 0 saturated heterocycles. The van der Waals surface area contributed by atoms with Gasteiger partial charge in [-0.3, -0.25) is 0 Å². The topological polar surface area (TPSA) is 39.2 Å². The van der Waals surface area contributed by atoms with Gasteiger partial charge in [0, 0.05) is 11.8 Å². The Kier molecular flexibility index (Phi) is 3.49. The number of hydrogen-bond acceptors (Lipinski definition) is 3. The molecule has 0 aliphatic carbocycles. The second kappa shape index (κ2) is 4.64. The van der Waals surface area contributed by atoms with Crippen molar-refractivity contribution in [3.05, 3.63) is 28.5 Å². The fraction of sp³-hybridized carbons (Fsp3) is 0.200. The maximum absolute atomic E-state index is 11.3. The minimum absolute atomic E-state index is 0.0995. The number of carbonyl (C=O) groups is 1. The number of carbonyl (C=O) groups excluding carboxylic acids is 1. The van der Waals surface area contributed by atoms with Gasteiger partial charge in [-0.15, -0.1) is 6.42 Å².